The highest BCUT2D eigenvalue weighted by molar-refractivity contribution is 5.93. The van der Waals surface area contributed by atoms with Gasteiger partial charge >= 0.3 is 11.9 Å². The Balaban J connectivity index is 4.93. The number of carboxylic acids is 2. The highest BCUT2D eigenvalue weighted by Crippen LogP contribution is 2.06. The summed E-state index contributed by atoms with van der Waals surface area (Å²) in [5.41, 5.74) is 16.1. The lowest BCUT2D eigenvalue weighted by molar-refractivity contribution is -0.143. The van der Waals surface area contributed by atoms with Crippen LogP contribution in [0.25, 0.3) is 0 Å². The molecule has 0 aromatic heterocycles. The molecule has 0 aromatic rings. The van der Waals surface area contributed by atoms with Crippen LogP contribution in [0.4, 0.5) is 0 Å². The van der Waals surface area contributed by atoms with Gasteiger partial charge in [0.1, 0.15) is 12.1 Å². The van der Waals surface area contributed by atoms with Crippen molar-refractivity contribution in [3.05, 3.63) is 0 Å². The molecule has 12 heteroatoms. The molecular weight excluding hydrogens is 372 g/mol. The fraction of sp³-hybridized carbons (Fsp3) is 0.688. The van der Waals surface area contributed by atoms with Gasteiger partial charge in [-0.15, -0.1) is 0 Å². The molecule has 0 saturated carbocycles. The van der Waals surface area contributed by atoms with Crippen LogP contribution in [-0.2, 0) is 19.2 Å². The normalized spacial score (nSPS) is 13.9. The van der Waals surface area contributed by atoms with Gasteiger partial charge in [0.15, 0.2) is 5.96 Å². The minimum absolute atomic E-state index is 0.0208. The van der Waals surface area contributed by atoms with Crippen molar-refractivity contribution in [1.82, 2.24) is 10.6 Å². The van der Waals surface area contributed by atoms with Crippen LogP contribution < -0.4 is 27.8 Å². The molecule has 0 fully saturated rings. The summed E-state index contributed by atoms with van der Waals surface area (Å²) in [4.78, 5) is 50.5. The van der Waals surface area contributed by atoms with Gasteiger partial charge in [0, 0.05) is 6.54 Å². The predicted molar refractivity (Wildman–Crippen MR) is 101 cm³/mol. The summed E-state index contributed by atoms with van der Waals surface area (Å²) in [6, 6.07) is -3.67. The number of nitrogens with one attached hydrogen (secondary N) is 2. The number of rotatable bonds is 13. The van der Waals surface area contributed by atoms with E-state index < -0.39 is 48.3 Å². The second-order valence-corrected chi connectivity index (χ2v) is 6.74. The number of amides is 2. The molecule has 0 saturated heterocycles. The van der Waals surface area contributed by atoms with Crippen molar-refractivity contribution in [3.8, 4) is 0 Å². The van der Waals surface area contributed by atoms with E-state index in [9.17, 15) is 24.3 Å². The molecule has 2 amide bonds. The molecule has 0 aliphatic heterocycles. The van der Waals surface area contributed by atoms with E-state index in [2.05, 4.69) is 15.6 Å². The van der Waals surface area contributed by atoms with Gasteiger partial charge in [-0.05, 0) is 25.2 Å². The SMILES string of the molecule is CC(C)CC(NC(=O)C(CC(=O)O)NC(=O)C(N)CCCN=C(N)N)C(=O)O. The van der Waals surface area contributed by atoms with Gasteiger partial charge in [-0.2, -0.15) is 0 Å². The average Bonchev–Trinajstić information content (AvgIpc) is 2.55. The maximum absolute atomic E-state index is 12.3. The summed E-state index contributed by atoms with van der Waals surface area (Å²) in [7, 11) is 0. The van der Waals surface area contributed by atoms with Crippen LogP contribution in [0.2, 0.25) is 0 Å². The first kappa shape index (κ1) is 25.1. The van der Waals surface area contributed by atoms with E-state index in [1.807, 2.05) is 0 Å². The number of nitrogens with two attached hydrogens (primary N) is 3. The van der Waals surface area contributed by atoms with Crippen LogP contribution in [0.1, 0.15) is 39.5 Å². The topological polar surface area (TPSA) is 223 Å². The summed E-state index contributed by atoms with van der Waals surface area (Å²) >= 11 is 0. The summed E-state index contributed by atoms with van der Waals surface area (Å²) in [6.45, 7) is 3.82. The van der Waals surface area contributed by atoms with E-state index in [1.165, 1.54) is 0 Å². The molecule has 0 spiro atoms. The minimum atomic E-state index is -1.46. The first-order chi connectivity index (χ1) is 12.9. The van der Waals surface area contributed by atoms with Crippen molar-refractivity contribution in [2.24, 2.45) is 28.1 Å². The minimum Gasteiger partial charge on any atom is -0.481 e. The van der Waals surface area contributed by atoms with Crippen molar-refractivity contribution in [1.29, 1.82) is 0 Å². The molecule has 160 valence electrons. The van der Waals surface area contributed by atoms with Crippen molar-refractivity contribution >= 4 is 29.7 Å². The predicted octanol–water partition coefficient (Wildman–Crippen LogP) is -2.06. The standard InChI is InChI=1S/C16H30N6O6/c1-8(2)6-11(15(27)28)22-14(26)10(7-12(23)24)21-13(25)9(17)4-3-5-20-16(18)19/h8-11H,3-7,17H2,1-2H3,(H,21,25)(H,22,26)(H,23,24)(H,27,28)(H4,18,19,20). The second kappa shape index (κ2) is 12.5. The Morgan fingerprint density at radius 1 is 1.00 bits per heavy atom. The van der Waals surface area contributed by atoms with E-state index in [4.69, 9.17) is 22.3 Å². The lowest BCUT2D eigenvalue weighted by atomic mass is 10.0. The van der Waals surface area contributed by atoms with Gasteiger partial charge in [-0.25, -0.2) is 4.79 Å². The highest BCUT2D eigenvalue weighted by atomic mass is 16.4. The van der Waals surface area contributed by atoms with Crippen molar-refractivity contribution in [2.75, 3.05) is 6.54 Å². The molecule has 0 bridgehead atoms. The molecule has 28 heavy (non-hydrogen) atoms. The van der Waals surface area contributed by atoms with Gasteiger partial charge in [0.2, 0.25) is 11.8 Å². The molecule has 0 radical (unpaired) electrons. The van der Waals surface area contributed by atoms with E-state index in [0.29, 0.717) is 6.42 Å². The number of guanidine groups is 1. The number of carbonyl (C=O) groups excluding carboxylic acids is 2. The first-order valence-electron chi connectivity index (χ1n) is 8.80. The van der Waals surface area contributed by atoms with E-state index in [1.54, 1.807) is 13.8 Å². The van der Waals surface area contributed by atoms with Crippen LogP contribution in [0.5, 0.6) is 0 Å². The Kier molecular flexibility index (Phi) is 11.2. The Bertz CT molecular complexity index is 590. The van der Waals surface area contributed by atoms with Gasteiger partial charge in [0.05, 0.1) is 12.5 Å². The molecule has 0 aromatic carbocycles. The van der Waals surface area contributed by atoms with Gasteiger partial charge < -0.3 is 38.0 Å². The number of nitrogens with zero attached hydrogens (tertiary/aromatic N) is 1. The molecule has 3 atom stereocenters. The quantitative estimate of drug-likeness (QED) is 0.102. The fourth-order valence-electron chi connectivity index (χ4n) is 2.28. The zero-order valence-corrected chi connectivity index (χ0v) is 16.1. The summed E-state index contributed by atoms with van der Waals surface area (Å²) in [5, 5.41) is 22.7. The number of carboxylic acid groups (broad SMARTS) is 2. The lowest BCUT2D eigenvalue weighted by Gasteiger charge is -2.22. The molecule has 3 unspecified atom stereocenters. The van der Waals surface area contributed by atoms with Crippen molar-refractivity contribution in [2.45, 2.75) is 57.7 Å². The Hall–Kier alpha value is -2.89. The fourth-order valence-corrected chi connectivity index (χ4v) is 2.28. The zero-order valence-electron chi connectivity index (χ0n) is 16.1. The third-order valence-corrected chi connectivity index (χ3v) is 3.64. The summed E-state index contributed by atoms with van der Waals surface area (Å²) < 4.78 is 0. The van der Waals surface area contributed by atoms with Crippen LogP contribution in [0.15, 0.2) is 4.99 Å². The average molecular weight is 402 g/mol. The Labute approximate surface area is 162 Å². The van der Waals surface area contributed by atoms with Crippen LogP contribution >= 0.6 is 0 Å². The van der Waals surface area contributed by atoms with Crippen LogP contribution in [0.3, 0.4) is 0 Å². The number of aliphatic carboxylic acids is 2. The molecular formula is C16H30N6O6. The maximum atomic E-state index is 12.3. The van der Waals surface area contributed by atoms with Crippen molar-refractivity contribution in [3.63, 3.8) is 0 Å². The second-order valence-electron chi connectivity index (χ2n) is 6.74. The number of hydrogen-bond donors (Lipinski definition) is 7. The number of carbonyl (C=O) groups is 4. The van der Waals surface area contributed by atoms with E-state index in [-0.39, 0.29) is 31.3 Å². The summed E-state index contributed by atoms with van der Waals surface area (Å²) in [6.07, 6.45) is 0.0400. The Morgan fingerprint density at radius 2 is 1.57 bits per heavy atom. The lowest BCUT2D eigenvalue weighted by Crippen LogP contribution is -2.55. The maximum Gasteiger partial charge on any atom is 0.326 e. The van der Waals surface area contributed by atoms with Gasteiger partial charge in [0.25, 0.3) is 0 Å². The largest absolute Gasteiger partial charge is 0.481 e. The van der Waals surface area contributed by atoms with Gasteiger partial charge in [-0.1, -0.05) is 13.8 Å². The molecule has 0 aliphatic carbocycles. The van der Waals surface area contributed by atoms with E-state index in [0.717, 1.165) is 0 Å². The van der Waals surface area contributed by atoms with E-state index >= 15 is 0 Å². The molecule has 0 rings (SSSR count). The molecule has 0 aliphatic rings. The van der Waals surface area contributed by atoms with Gasteiger partial charge in [-0.3, -0.25) is 19.4 Å². The molecule has 0 heterocycles. The number of hydrogen-bond acceptors (Lipinski definition) is 6. The first-order valence-corrected chi connectivity index (χ1v) is 8.80. The third kappa shape index (κ3) is 11.0. The monoisotopic (exact) mass is 402 g/mol. The highest BCUT2D eigenvalue weighted by Gasteiger charge is 2.29. The third-order valence-electron chi connectivity index (χ3n) is 3.64. The smallest absolute Gasteiger partial charge is 0.326 e. The zero-order chi connectivity index (χ0) is 21.9. The molecule has 10 N–H and O–H groups in total. The number of aliphatic imine (C=N–C) groups is 1. The summed E-state index contributed by atoms with van der Waals surface area (Å²) in [5.74, 6) is -4.34. The van der Waals surface area contributed by atoms with Crippen molar-refractivity contribution < 1.29 is 29.4 Å². The Morgan fingerprint density at radius 3 is 2.04 bits per heavy atom. The molecule has 12 nitrogen and oxygen atoms in total. The van der Waals surface area contributed by atoms with Crippen LogP contribution in [-0.4, -0.2) is 64.6 Å². The van der Waals surface area contributed by atoms with Crippen LogP contribution in [0, 0.1) is 5.92 Å².